The van der Waals surface area contributed by atoms with Crippen LogP contribution in [0.4, 0.5) is 0 Å². The summed E-state index contributed by atoms with van der Waals surface area (Å²) >= 11 is 0. The van der Waals surface area contributed by atoms with Gasteiger partial charge in [0, 0.05) is 19.1 Å². The first-order chi connectivity index (χ1) is 5.34. The smallest absolute Gasteiger partial charge is 0.0693 e. The molecule has 3 heteroatoms. The predicted octanol–water partition coefficient (Wildman–Crippen LogP) is -0.162. The topological polar surface area (TPSA) is 58.3 Å². The van der Waals surface area contributed by atoms with Gasteiger partial charge >= 0.3 is 0 Å². The molecule has 0 aromatic carbocycles. The summed E-state index contributed by atoms with van der Waals surface area (Å²) in [4.78, 5) is 0. The van der Waals surface area contributed by atoms with E-state index in [0.29, 0.717) is 12.6 Å². The van der Waals surface area contributed by atoms with Gasteiger partial charge in [0.15, 0.2) is 0 Å². The third-order valence-electron chi connectivity index (χ3n) is 2.28. The Morgan fingerprint density at radius 2 is 2.09 bits per heavy atom. The summed E-state index contributed by atoms with van der Waals surface area (Å²) in [6.07, 6.45) is 4.31. The maximum absolute atomic E-state index is 9.49. The van der Waals surface area contributed by atoms with Crippen LogP contribution in [0.25, 0.3) is 0 Å². The van der Waals surface area contributed by atoms with Crippen LogP contribution in [0.3, 0.4) is 0 Å². The minimum atomic E-state index is -0.143. The summed E-state index contributed by atoms with van der Waals surface area (Å²) in [6.45, 7) is 1.48. The van der Waals surface area contributed by atoms with Crippen LogP contribution in [0.15, 0.2) is 0 Å². The average molecular weight is 158 g/mol. The van der Waals surface area contributed by atoms with Gasteiger partial charge in [0.05, 0.1) is 6.10 Å². The largest absolute Gasteiger partial charge is 0.392 e. The second-order valence-corrected chi connectivity index (χ2v) is 3.20. The van der Waals surface area contributed by atoms with Crippen LogP contribution in [-0.2, 0) is 0 Å². The second kappa shape index (κ2) is 4.70. The molecule has 0 unspecified atom stereocenters. The zero-order valence-electron chi connectivity index (χ0n) is 6.92. The van der Waals surface area contributed by atoms with E-state index >= 15 is 0 Å². The molecule has 66 valence electrons. The van der Waals surface area contributed by atoms with E-state index in [-0.39, 0.29) is 6.10 Å². The van der Waals surface area contributed by atoms with Gasteiger partial charge < -0.3 is 16.2 Å². The summed E-state index contributed by atoms with van der Waals surface area (Å²) in [6, 6.07) is 0.298. The molecule has 0 amide bonds. The maximum Gasteiger partial charge on any atom is 0.0693 e. The van der Waals surface area contributed by atoms with Crippen molar-refractivity contribution < 1.29 is 5.11 Å². The van der Waals surface area contributed by atoms with Crippen LogP contribution < -0.4 is 11.1 Å². The molecule has 1 aliphatic rings. The van der Waals surface area contributed by atoms with Crippen LogP contribution in [0.5, 0.6) is 0 Å². The van der Waals surface area contributed by atoms with Crippen molar-refractivity contribution in [1.29, 1.82) is 0 Å². The summed E-state index contributed by atoms with van der Waals surface area (Å²) < 4.78 is 0. The van der Waals surface area contributed by atoms with Crippen molar-refractivity contribution in [2.24, 2.45) is 5.73 Å². The zero-order valence-corrected chi connectivity index (χ0v) is 6.92. The van der Waals surface area contributed by atoms with E-state index < -0.39 is 0 Å². The Balaban J connectivity index is 2.18. The zero-order chi connectivity index (χ0) is 8.10. The standard InChI is InChI=1S/C8H18N2O/c9-5-6-10-7-3-1-2-4-8(7)11/h7-8,10-11H,1-6,9H2/t7-,8-/m1/s1. The normalized spacial score (nSPS) is 32.2. The van der Waals surface area contributed by atoms with E-state index in [1.807, 2.05) is 0 Å². The first-order valence-corrected chi connectivity index (χ1v) is 4.46. The lowest BCUT2D eigenvalue weighted by atomic mass is 9.93. The summed E-state index contributed by atoms with van der Waals surface area (Å²) in [7, 11) is 0. The summed E-state index contributed by atoms with van der Waals surface area (Å²) in [5.41, 5.74) is 5.35. The molecule has 1 aliphatic carbocycles. The highest BCUT2D eigenvalue weighted by atomic mass is 16.3. The molecule has 0 saturated heterocycles. The van der Waals surface area contributed by atoms with Crippen molar-refractivity contribution >= 4 is 0 Å². The van der Waals surface area contributed by atoms with Crippen LogP contribution in [0.1, 0.15) is 25.7 Å². The highest BCUT2D eigenvalue weighted by Gasteiger charge is 2.21. The number of hydrogen-bond acceptors (Lipinski definition) is 3. The molecule has 1 rings (SSSR count). The number of nitrogens with one attached hydrogen (secondary N) is 1. The number of nitrogens with two attached hydrogens (primary N) is 1. The van der Waals surface area contributed by atoms with Crippen molar-refractivity contribution in [1.82, 2.24) is 5.32 Å². The third-order valence-corrected chi connectivity index (χ3v) is 2.28. The van der Waals surface area contributed by atoms with Gasteiger partial charge in [-0.1, -0.05) is 12.8 Å². The van der Waals surface area contributed by atoms with Crippen molar-refractivity contribution in [3.63, 3.8) is 0 Å². The molecule has 0 heterocycles. The first kappa shape index (κ1) is 8.97. The quantitative estimate of drug-likeness (QED) is 0.535. The summed E-state index contributed by atoms with van der Waals surface area (Å²) in [5.74, 6) is 0. The Bertz CT molecular complexity index is 108. The van der Waals surface area contributed by atoms with Gasteiger partial charge in [-0.05, 0) is 12.8 Å². The third kappa shape index (κ3) is 2.77. The van der Waals surface area contributed by atoms with E-state index in [9.17, 15) is 5.11 Å². The second-order valence-electron chi connectivity index (χ2n) is 3.20. The average Bonchev–Trinajstić information content (AvgIpc) is 2.03. The molecule has 0 spiro atoms. The van der Waals surface area contributed by atoms with Gasteiger partial charge in [-0.25, -0.2) is 0 Å². The highest BCUT2D eigenvalue weighted by molar-refractivity contribution is 4.79. The predicted molar refractivity (Wildman–Crippen MR) is 45.3 cm³/mol. The van der Waals surface area contributed by atoms with Crippen LogP contribution >= 0.6 is 0 Å². The van der Waals surface area contributed by atoms with Gasteiger partial charge in [0.1, 0.15) is 0 Å². The lowest BCUT2D eigenvalue weighted by molar-refractivity contribution is 0.0917. The molecule has 2 atom stereocenters. The van der Waals surface area contributed by atoms with E-state index in [2.05, 4.69) is 5.32 Å². The molecule has 0 radical (unpaired) electrons. The van der Waals surface area contributed by atoms with E-state index in [0.717, 1.165) is 19.4 Å². The Hall–Kier alpha value is -0.120. The molecule has 0 aromatic rings. The maximum atomic E-state index is 9.49. The highest BCUT2D eigenvalue weighted by Crippen LogP contribution is 2.17. The van der Waals surface area contributed by atoms with Crippen LogP contribution in [0.2, 0.25) is 0 Å². The van der Waals surface area contributed by atoms with Gasteiger partial charge in [0.25, 0.3) is 0 Å². The molecular weight excluding hydrogens is 140 g/mol. The molecule has 3 nitrogen and oxygen atoms in total. The molecule has 4 N–H and O–H groups in total. The van der Waals surface area contributed by atoms with Crippen molar-refractivity contribution in [2.75, 3.05) is 13.1 Å². The Morgan fingerprint density at radius 1 is 1.36 bits per heavy atom. The Labute approximate surface area is 68.0 Å². The van der Waals surface area contributed by atoms with Crippen molar-refractivity contribution in [3.05, 3.63) is 0 Å². The van der Waals surface area contributed by atoms with Gasteiger partial charge in [-0.2, -0.15) is 0 Å². The molecule has 1 fully saturated rings. The summed E-state index contributed by atoms with van der Waals surface area (Å²) in [5, 5.41) is 12.7. The Kier molecular flexibility index (Phi) is 3.83. The minimum absolute atomic E-state index is 0.143. The van der Waals surface area contributed by atoms with Gasteiger partial charge in [-0.15, -0.1) is 0 Å². The van der Waals surface area contributed by atoms with Crippen molar-refractivity contribution in [2.45, 2.75) is 37.8 Å². The molecular formula is C8H18N2O. The lowest BCUT2D eigenvalue weighted by Crippen LogP contribution is -2.43. The number of rotatable bonds is 3. The minimum Gasteiger partial charge on any atom is -0.392 e. The fraction of sp³-hybridized carbons (Fsp3) is 1.00. The first-order valence-electron chi connectivity index (χ1n) is 4.46. The monoisotopic (exact) mass is 158 g/mol. The Morgan fingerprint density at radius 3 is 2.73 bits per heavy atom. The van der Waals surface area contributed by atoms with E-state index in [1.165, 1.54) is 12.8 Å². The molecule has 0 aliphatic heterocycles. The molecule has 1 saturated carbocycles. The van der Waals surface area contributed by atoms with Crippen molar-refractivity contribution in [3.8, 4) is 0 Å². The van der Waals surface area contributed by atoms with Gasteiger partial charge in [-0.3, -0.25) is 0 Å². The number of aliphatic hydroxyl groups excluding tert-OH is 1. The van der Waals surface area contributed by atoms with Gasteiger partial charge in [0.2, 0.25) is 0 Å². The SMILES string of the molecule is NCCN[C@@H]1CCCC[C@H]1O. The number of hydrogen-bond donors (Lipinski definition) is 3. The van der Waals surface area contributed by atoms with E-state index in [4.69, 9.17) is 5.73 Å². The lowest BCUT2D eigenvalue weighted by Gasteiger charge is -2.28. The molecule has 11 heavy (non-hydrogen) atoms. The molecule has 0 bridgehead atoms. The fourth-order valence-corrected chi connectivity index (χ4v) is 1.62. The fourth-order valence-electron chi connectivity index (χ4n) is 1.62. The van der Waals surface area contributed by atoms with Crippen LogP contribution in [0, 0.1) is 0 Å². The van der Waals surface area contributed by atoms with E-state index in [1.54, 1.807) is 0 Å². The number of aliphatic hydroxyl groups is 1. The van der Waals surface area contributed by atoms with Crippen LogP contribution in [-0.4, -0.2) is 30.3 Å². The molecule has 0 aromatic heterocycles.